The first-order valence-corrected chi connectivity index (χ1v) is 11.8. The molecule has 0 unspecified atom stereocenters. The fraction of sp³-hybridized carbons (Fsp3) is 0.174. The van der Waals surface area contributed by atoms with Crippen molar-refractivity contribution < 1.29 is 13.2 Å². The highest BCUT2D eigenvalue weighted by atomic mass is 35.5. The molecule has 0 atom stereocenters. The van der Waals surface area contributed by atoms with Crippen molar-refractivity contribution in [1.82, 2.24) is 4.90 Å². The number of hydrogen-bond donors (Lipinski definition) is 1. The molecule has 2 amide bonds. The first-order chi connectivity index (χ1) is 14.9. The summed E-state index contributed by atoms with van der Waals surface area (Å²) in [4.78, 5) is 16.7. The summed E-state index contributed by atoms with van der Waals surface area (Å²) in [5.74, 6) is 0. The van der Waals surface area contributed by atoms with Gasteiger partial charge in [-0.2, -0.15) is 0 Å². The molecule has 1 fully saturated rings. The van der Waals surface area contributed by atoms with Crippen LogP contribution in [0.4, 0.5) is 16.2 Å². The van der Waals surface area contributed by atoms with Gasteiger partial charge in [-0.25, -0.2) is 13.2 Å². The van der Waals surface area contributed by atoms with Gasteiger partial charge in [0.2, 0.25) is 0 Å². The minimum Gasteiger partial charge on any atom is -0.320 e. The molecule has 1 aliphatic heterocycles. The summed E-state index contributed by atoms with van der Waals surface area (Å²) in [5, 5.41) is 0.665. The predicted octanol–water partition coefficient (Wildman–Crippen LogP) is 4.97. The van der Waals surface area contributed by atoms with Crippen molar-refractivity contribution in [3.8, 4) is 0 Å². The molecular weight excluding hydrogens is 434 g/mol. The summed E-state index contributed by atoms with van der Waals surface area (Å²) >= 11 is 5.94. The fourth-order valence-electron chi connectivity index (χ4n) is 3.50. The molecule has 0 radical (unpaired) electrons. The van der Waals surface area contributed by atoms with Crippen molar-refractivity contribution in [3.63, 3.8) is 0 Å². The van der Waals surface area contributed by atoms with E-state index in [1.165, 1.54) is 0 Å². The summed E-state index contributed by atoms with van der Waals surface area (Å²) in [6.07, 6.45) is 0.849. The van der Waals surface area contributed by atoms with Crippen LogP contribution in [-0.2, 0) is 16.6 Å². The Morgan fingerprint density at radius 2 is 1.55 bits per heavy atom. The van der Waals surface area contributed by atoms with Crippen LogP contribution >= 0.6 is 11.6 Å². The van der Waals surface area contributed by atoms with Gasteiger partial charge in [-0.3, -0.25) is 9.62 Å². The summed E-state index contributed by atoms with van der Waals surface area (Å²) < 4.78 is 27.5. The minimum atomic E-state index is -3.66. The lowest BCUT2D eigenvalue weighted by Gasteiger charge is -2.35. The predicted molar refractivity (Wildman–Crippen MR) is 123 cm³/mol. The Balaban J connectivity index is 1.45. The van der Waals surface area contributed by atoms with Crippen LogP contribution in [-0.4, -0.2) is 32.4 Å². The molecule has 3 aromatic rings. The zero-order valence-corrected chi connectivity index (χ0v) is 18.3. The smallest absolute Gasteiger partial charge is 0.320 e. The van der Waals surface area contributed by atoms with Gasteiger partial charge in [-0.05, 0) is 60.5 Å². The zero-order chi connectivity index (χ0) is 21.8. The van der Waals surface area contributed by atoms with Gasteiger partial charge in [-0.15, -0.1) is 0 Å². The average Bonchev–Trinajstić information content (AvgIpc) is 2.78. The van der Waals surface area contributed by atoms with Crippen molar-refractivity contribution in [2.24, 2.45) is 0 Å². The van der Waals surface area contributed by atoms with Crippen LogP contribution < -0.4 is 9.62 Å². The standard InChI is InChI=1S/C23H22ClN3O3S/c24-19-9-7-18(8-10-19)17-26-15-4-16-27(23(26)28)21-13-11-20(12-14-21)25-31(29,30)22-5-2-1-3-6-22/h1-3,5-14,25H,4,15-17H2. The largest absolute Gasteiger partial charge is 0.324 e. The highest BCUT2D eigenvalue weighted by molar-refractivity contribution is 7.92. The van der Waals surface area contributed by atoms with Gasteiger partial charge >= 0.3 is 6.03 Å². The van der Waals surface area contributed by atoms with E-state index in [0.29, 0.717) is 30.3 Å². The van der Waals surface area contributed by atoms with E-state index in [1.54, 1.807) is 64.4 Å². The number of rotatable bonds is 6. The number of carbonyl (C=O) groups is 1. The Kier molecular flexibility index (Phi) is 6.15. The molecule has 4 rings (SSSR count). The van der Waals surface area contributed by atoms with Gasteiger partial charge in [0.25, 0.3) is 10.0 Å². The number of nitrogens with one attached hydrogen (secondary N) is 1. The van der Waals surface area contributed by atoms with E-state index in [9.17, 15) is 13.2 Å². The topological polar surface area (TPSA) is 69.7 Å². The molecule has 1 aliphatic rings. The number of carbonyl (C=O) groups excluding carboxylic acids is 1. The maximum atomic E-state index is 13.0. The first-order valence-electron chi connectivity index (χ1n) is 9.91. The Labute approximate surface area is 187 Å². The van der Waals surface area contributed by atoms with Crippen molar-refractivity contribution in [3.05, 3.63) is 89.4 Å². The molecule has 0 bridgehead atoms. The average molecular weight is 456 g/mol. The molecule has 6 nitrogen and oxygen atoms in total. The van der Waals surface area contributed by atoms with Gasteiger partial charge in [0, 0.05) is 36.0 Å². The second kappa shape index (κ2) is 8.99. The molecule has 3 aromatic carbocycles. The van der Waals surface area contributed by atoms with Crippen molar-refractivity contribution in [2.75, 3.05) is 22.7 Å². The summed E-state index contributed by atoms with van der Waals surface area (Å²) in [7, 11) is -3.66. The maximum absolute atomic E-state index is 13.0. The van der Waals surface area contributed by atoms with Gasteiger partial charge in [0.1, 0.15) is 0 Å². The summed E-state index contributed by atoms with van der Waals surface area (Å²) in [6.45, 7) is 1.82. The lowest BCUT2D eigenvalue weighted by Crippen LogP contribution is -2.49. The fourth-order valence-corrected chi connectivity index (χ4v) is 4.71. The van der Waals surface area contributed by atoms with Crippen LogP contribution in [0.3, 0.4) is 0 Å². The van der Waals surface area contributed by atoms with Crippen LogP contribution in [0.1, 0.15) is 12.0 Å². The van der Waals surface area contributed by atoms with Crippen LogP contribution in [0, 0.1) is 0 Å². The normalized spacial score (nSPS) is 14.5. The zero-order valence-electron chi connectivity index (χ0n) is 16.7. The monoisotopic (exact) mass is 455 g/mol. The third-order valence-electron chi connectivity index (χ3n) is 5.08. The number of urea groups is 1. The maximum Gasteiger partial charge on any atom is 0.324 e. The van der Waals surface area contributed by atoms with E-state index in [2.05, 4.69) is 4.72 Å². The molecule has 1 heterocycles. The minimum absolute atomic E-state index is 0.0705. The number of anilines is 2. The van der Waals surface area contributed by atoms with E-state index < -0.39 is 10.0 Å². The number of hydrogen-bond acceptors (Lipinski definition) is 3. The van der Waals surface area contributed by atoms with Crippen LogP contribution in [0.5, 0.6) is 0 Å². The van der Waals surface area contributed by atoms with Gasteiger partial charge in [0.15, 0.2) is 0 Å². The molecule has 1 N–H and O–H groups in total. The number of sulfonamides is 1. The third-order valence-corrected chi connectivity index (χ3v) is 6.73. The Morgan fingerprint density at radius 1 is 0.871 bits per heavy atom. The van der Waals surface area contributed by atoms with E-state index in [1.807, 2.05) is 24.3 Å². The number of nitrogens with zero attached hydrogens (tertiary/aromatic N) is 2. The quantitative estimate of drug-likeness (QED) is 0.570. The number of amides is 2. The molecule has 0 aliphatic carbocycles. The Morgan fingerprint density at radius 3 is 2.23 bits per heavy atom. The molecule has 31 heavy (non-hydrogen) atoms. The van der Waals surface area contributed by atoms with Gasteiger partial charge < -0.3 is 4.90 Å². The SMILES string of the molecule is O=C1N(Cc2ccc(Cl)cc2)CCCN1c1ccc(NS(=O)(=O)c2ccccc2)cc1. The molecule has 0 aromatic heterocycles. The lowest BCUT2D eigenvalue weighted by molar-refractivity contribution is 0.192. The molecule has 160 valence electrons. The van der Waals surface area contributed by atoms with E-state index in [4.69, 9.17) is 11.6 Å². The van der Waals surface area contributed by atoms with Crippen molar-refractivity contribution in [1.29, 1.82) is 0 Å². The van der Waals surface area contributed by atoms with E-state index in [-0.39, 0.29) is 10.9 Å². The highest BCUT2D eigenvalue weighted by Gasteiger charge is 2.27. The van der Waals surface area contributed by atoms with Crippen molar-refractivity contribution in [2.45, 2.75) is 17.9 Å². The van der Waals surface area contributed by atoms with Gasteiger partial charge in [-0.1, -0.05) is 41.9 Å². The first kappa shape index (κ1) is 21.2. The number of halogens is 1. The molecule has 0 spiro atoms. The highest BCUT2D eigenvalue weighted by Crippen LogP contribution is 2.25. The Bertz CT molecular complexity index is 1150. The molecule has 1 saturated heterocycles. The molecule has 8 heteroatoms. The van der Waals surface area contributed by atoms with Crippen molar-refractivity contribution >= 4 is 39.0 Å². The van der Waals surface area contributed by atoms with Crippen LogP contribution in [0.25, 0.3) is 0 Å². The van der Waals surface area contributed by atoms with Crippen LogP contribution in [0.2, 0.25) is 5.02 Å². The summed E-state index contributed by atoms with van der Waals surface area (Å²) in [6, 6.07) is 22.4. The third kappa shape index (κ3) is 5.00. The molecule has 0 saturated carbocycles. The Hall–Kier alpha value is -3.03. The van der Waals surface area contributed by atoms with Crippen LogP contribution in [0.15, 0.2) is 83.8 Å². The van der Waals surface area contributed by atoms with E-state index in [0.717, 1.165) is 17.7 Å². The second-order valence-electron chi connectivity index (χ2n) is 7.30. The molecular formula is C23H22ClN3O3S. The second-order valence-corrected chi connectivity index (χ2v) is 9.42. The van der Waals surface area contributed by atoms with E-state index >= 15 is 0 Å². The van der Waals surface area contributed by atoms with Gasteiger partial charge in [0.05, 0.1) is 4.90 Å². The number of benzene rings is 3. The lowest BCUT2D eigenvalue weighted by atomic mass is 10.2. The summed E-state index contributed by atoms with van der Waals surface area (Å²) in [5.41, 5.74) is 2.19.